The van der Waals surface area contributed by atoms with Crippen LogP contribution in [-0.4, -0.2) is 13.7 Å². The highest BCUT2D eigenvalue weighted by molar-refractivity contribution is 6.93. The smallest absolute Gasteiger partial charge is 0.329 e. The van der Waals surface area contributed by atoms with Crippen LogP contribution in [0.5, 0.6) is 0 Å². The van der Waals surface area contributed by atoms with Gasteiger partial charge in [0.25, 0.3) is 0 Å². The number of hydrogen-bond acceptors (Lipinski definition) is 2. The summed E-state index contributed by atoms with van der Waals surface area (Å²) in [4.78, 5) is 5.16. The lowest BCUT2D eigenvalue weighted by molar-refractivity contribution is 1.35. The van der Waals surface area contributed by atoms with E-state index in [1.54, 1.807) is 0 Å². The lowest BCUT2D eigenvalue weighted by Gasteiger charge is -2.43. The maximum Gasteiger partial charge on any atom is 0.329 e. The van der Waals surface area contributed by atoms with Crippen molar-refractivity contribution in [3.8, 4) is 55.6 Å². The molecule has 0 N–H and O–H groups in total. The van der Waals surface area contributed by atoms with E-state index in [1.807, 2.05) is 0 Å². The largest absolute Gasteiger partial charge is 0.376 e. The van der Waals surface area contributed by atoms with Gasteiger partial charge in [0.1, 0.15) is 0 Å². The highest BCUT2D eigenvalue weighted by atomic mass is 15.1. The second-order valence-electron chi connectivity index (χ2n) is 14.4. The van der Waals surface area contributed by atoms with Crippen molar-refractivity contribution in [3.05, 3.63) is 182 Å². The molecule has 0 unspecified atom stereocenters. The first-order valence-corrected chi connectivity index (χ1v) is 18.3. The van der Waals surface area contributed by atoms with Gasteiger partial charge in [-0.25, -0.2) is 0 Å². The normalized spacial score (nSPS) is 13.6. The van der Waals surface area contributed by atoms with Gasteiger partial charge in [0.2, 0.25) is 0 Å². The standard InChI is InChI=1S/C48H30B2N2/c1-7-19-41-33(13-1)37-15-3-9-21-45(37)51-47-23-11-5-17-39(47)35-27-25-31(29-43(35)49(41)51)32-26-28-36-40-18-6-12-24-48(40)52-46-22-10-4-16-38(46)34-14-2-8-20-42(34)50(52)44(36)30-32/h1-30H. The SMILES string of the molecule is c1ccc2c(c1)B1c3cc(-c4ccc5c(c4)B4c6ccccc6-c6ccccc6N4c4ccccc4-5)ccc3-c3ccccc3N1c1ccccc1-2. The highest BCUT2D eigenvalue weighted by Gasteiger charge is 2.44. The van der Waals surface area contributed by atoms with E-state index in [9.17, 15) is 0 Å². The van der Waals surface area contributed by atoms with E-state index in [2.05, 4.69) is 192 Å². The number of rotatable bonds is 1. The fourth-order valence-electron chi connectivity index (χ4n) is 9.74. The Hall–Kier alpha value is -6.51. The molecule has 0 bridgehead atoms. The Morgan fingerprint density at radius 1 is 0.250 bits per heavy atom. The van der Waals surface area contributed by atoms with Crippen LogP contribution in [0.15, 0.2) is 182 Å². The second-order valence-corrected chi connectivity index (χ2v) is 14.4. The molecule has 52 heavy (non-hydrogen) atoms. The molecular formula is C48H30B2N2. The monoisotopic (exact) mass is 656 g/mol. The number of para-hydroxylation sites is 4. The molecule has 4 heterocycles. The van der Waals surface area contributed by atoms with Crippen LogP contribution >= 0.6 is 0 Å². The zero-order valence-electron chi connectivity index (χ0n) is 28.4. The summed E-state index contributed by atoms with van der Waals surface area (Å²) in [5, 5.41) is 0. The Kier molecular flexibility index (Phi) is 5.70. The molecule has 0 aromatic heterocycles. The van der Waals surface area contributed by atoms with Crippen LogP contribution in [-0.2, 0) is 0 Å². The van der Waals surface area contributed by atoms with Crippen LogP contribution in [0.1, 0.15) is 0 Å². The zero-order chi connectivity index (χ0) is 33.9. The summed E-state index contributed by atoms with van der Waals surface area (Å²) in [6.07, 6.45) is 0. The summed E-state index contributed by atoms with van der Waals surface area (Å²) in [7, 11) is 0. The van der Waals surface area contributed by atoms with Gasteiger partial charge in [-0.05, 0) is 79.5 Å². The van der Waals surface area contributed by atoms with Gasteiger partial charge in [0.05, 0.1) is 0 Å². The molecule has 0 radical (unpaired) electrons. The van der Waals surface area contributed by atoms with Gasteiger partial charge in [-0.1, -0.05) is 158 Å². The molecule has 4 aliphatic heterocycles. The summed E-state index contributed by atoms with van der Waals surface area (Å²) in [6.45, 7) is 0.135. The maximum atomic E-state index is 2.58. The van der Waals surface area contributed by atoms with E-state index in [0.717, 1.165) is 0 Å². The Bertz CT molecular complexity index is 2610. The van der Waals surface area contributed by atoms with Gasteiger partial charge < -0.3 is 9.62 Å². The van der Waals surface area contributed by atoms with Crippen LogP contribution < -0.4 is 31.5 Å². The molecule has 8 aromatic carbocycles. The second kappa shape index (κ2) is 10.5. The topological polar surface area (TPSA) is 6.48 Å². The van der Waals surface area contributed by atoms with Gasteiger partial charge >= 0.3 is 13.7 Å². The number of benzene rings is 8. The van der Waals surface area contributed by atoms with Crippen molar-refractivity contribution in [2.24, 2.45) is 0 Å². The molecular weight excluding hydrogens is 626 g/mol. The van der Waals surface area contributed by atoms with Crippen molar-refractivity contribution >= 4 is 58.3 Å². The summed E-state index contributed by atoms with van der Waals surface area (Å²) in [5.41, 5.74) is 23.3. The molecule has 12 rings (SSSR count). The molecule has 238 valence electrons. The maximum absolute atomic E-state index is 2.58. The molecule has 2 nitrogen and oxygen atoms in total. The van der Waals surface area contributed by atoms with Crippen molar-refractivity contribution in [2.75, 3.05) is 9.62 Å². The molecule has 0 atom stereocenters. The Balaban J connectivity index is 1.08. The van der Waals surface area contributed by atoms with Crippen LogP contribution in [0.2, 0.25) is 0 Å². The quantitative estimate of drug-likeness (QED) is 0.163. The molecule has 0 spiro atoms. The first-order chi connectivity index (χ1) is 25.8. The van der Waals surface area contributed by atoms with E-state index < -0.39 is 0 Å². The van der Waals surface area contributed by atoms with E-state index >= 15 is 0 Å². The van der Waals surface area contributed by atoms with Crippen molar-refractivity contribution in [3.63, 3.8) is 0 Å². The van der Waals surface area contributed by atoms with E-state index in [-0.39, 0.29) is 13.7 Å². The molecule has 0 saturated carbocycles. The average molecular weight is 656 g/mol. The molecule has 0 saturated heterocycles. The minimum atomic E-state index is 0.0673. The van der Waals surface area contributed by atoms with Gasteiger partial charge in [-0.3, -0.25) is 0 Å². The van der Waals surface area contributed by atoms with E-state index in [0.29, 0.717) is 0 Å². The molecule has 0 amide bonds. The van der Waals surface area contributed by atoms with Crippen LogP contribution in [0.4, 0.5) is 22.7 Å². The minimum Gasteiger partial charge on any atom is -0.376 e. The number of anilines is 4. The van der Waals surface area contributed by atoms with Gasteiger partial charge in [0.15, 0.2) is 0 Å². The number of nitrogens with zero attached hydrogens (tertiary/aromatic N) is 2. The number of fused-ring (bicyclic) bond motifs is 22. The molecule has 4 aliphatic rings. The third-order valence-electron chi connectivity index (χ3n) is 11.9. The van der Waals surface area contributed by atoms with Crippen LogP contribution in [0, 0.1) is 0 Å². The minimum absolute atomic E-state index is 0.0673. The fraction of sp³-hybridized carbons (Fsp3) is 0. The molecule has 0 aliphatic carbocycles. The Labute approximate surface area is 304 Å². The van der Waals surface area contributed by atoms with Crippen molar-refractivity contribution in [1.29, 1.82) is 0 Å². The first-order valence-electron chi connectivity index (χ1n) is 18.3. The third kappa shape index (κ3) is 3.71. The fourth-order valence-corrected chi connectivity index (χ4v) is 9.74. The van der Waals surface area contributed by atoms with Gasteiger partial charge in [-0.15, -0.1) is 0 Å². The Morgan fingerprint density at radius 3 is 0.904 bits per heavy atom. The molecule has 4 heteroatoms. The lowest BCUT2D eigenvalue weighted by Crippen LogP contribution is -2.59. The molecule has 0 fully saturated rings. The summed E-state index contributed by atoms with van der Waals surface area (Å²) in [6, 6.07) is 68.0. The van der Waals surface area contributed by atoms with Crippen molar-refractivity contribution in [2.45, 2.75) is 0 Å². The van der Waals surface area contributed by atoms with Crippen molar-refractivity contribution in [1.82, 2.24) is 0 Å². The molecule has 8 aromatic rings. The predicted octanol–water partition coefficient (Wildman–Crippen LogP) is 9.16. The first kappa shape index (κ1) is 28.2. The highest BCUT2D eigenvalue weighted by Crippen LogP contribution is 2.48. The predicted molar refractivity (Wildman–Crippen MR) is 221 cm³/mol. The van der Waals surface area contributed by atoms with E-state index in [1.165, 1.54) is 100 Å². The lowest BCUT2D eigenvalue weighted by atomic mass is 9.42. The summed E-state index contributed by atoms with van der Waals surface area (Å²) >= 11 is 0. The van der Waals surface area contributed by atoms with Crippen LogP contribution in [0.25, 0.3) is 55.6 Å². The summed E-state index contributed by atoms with van der Waals surface area (Å²) in [5.74, 6) is 0. The van der Waals surface area contributed by atoms with E-state index in [4.69, 9.17) is 0 Å². The Morgan fingerprint density at radius 2 is 0.538 bits per heavy atom. The van der Waals surface area contributed by atoms with Crippen molar-refractivity contribution < 1.29 is 0 Å². The van der Waals surface area contributed by atoms with Gasteiger partial charge in [-0.2, -0.15) is 0 Å². The average Bonchev–Trinajstić information content (AvgIpc) is 3.23. The van der Waals surface area contributed by atoms with Gasteiger partial charge in [0, 0.05) is 45.0 Å². The third-order valence-corrected chi connectivity index (χ3v) is 11.9. The number of hydrogen-bond donors (Lipinski definition) is 0. The summed E-state index contributed by atoms with van der Waals surface area (Å²) < 4.78 is 0. The zero-order valence-corrected chi connectivity index (χ0v) is 28.4. The van der Waals surface area contributed by atoms with Crippen LogP contribution in [0.3, 0.4) is 0 Å².